The monoisotopic (exact) mass is 350 g/mol. The van der Waals surface area contributed by atoms with E-state index in [0.717, 1.165) is 0 Å². The van der Waals surface area contributed by atoms with Gasteiger partial charge < -0.3 is 25.5 Å². The SMILES string of the molecule is COc1cc(OCC(N)=O)ccc1-c1cc(=O)[nH]c(=S)n1CCN. The first-order chi connectivity index (χ1) is 11.5. The molecule has 0 fully saturated rings. The topological polar surface area (TPSA) is 125 Å². The maximum absolute atomic E-state index is 11.8. The summed E-state index contributed by atoms with van der Waals surface area (Å²) in [4.78, 5) is 25.2. The number of nitrogens with one attached hydrogen (secondary N) is 1. The minimum atomic E-state index is -0.579. The summed E-state index contributed by atoms with van der Waals surface area (Å²) in [6.07, 6.45) is 0. The van der Waals surface area contributed by atoms with Gasteiger partial charge in [0.15, 0.2) is 11.4 Å². The van der Waals surface area contributed by atoms with Crippen LogP contribution in [-0.4, -0.2) is 35.7 Å². The highest BCUT2D eigenvalue weighted by Gasteiger charge is 2.13. The van der Waals surface area contributed by atoms with Crippen LogP contribution in [0.3, 0.4) is 0 Å². The number of carbonyl (C=O) groups excluding carboxylic acids is 1. The molecule has 2 rings (SSSR count). The van der Waals surface area contributed by atoms with Crippen LogP contribution in [0.25, 0.3) is 11.3 Å². The van der Waals surface area contributed by atoms with E-state index in [1.54, 1.807) is 22.8 Å². The maximum atomic E-state index is 11.8. The molecule has 128 valence electrons. The molecule has 0 spiro atoms. The summed E-state index contributed by atoms with van der Waals surface area (Å²) in [6.45, 7) is 0.556. The number of aromatic nitrogens is 2. The molecule has 0 saturated heterocycles. The number of rotatable bonds is 7. The average molecular weight is 350 g/mol. The molecular weight excluding hydrogens is 332 g/mol. The number of carbonyl (C=O) groups is 1. The van der Waals surface area contributed by atoms with Crippen LogP contribution in [0.15, 0.2) is 29.1 Å². The molecule has 0 saturated carbocycles. The van der Waals surface area contributed by atoms with Crippen molar-refractivity contribution >= 4 is 18.1 Å². The van der Waals surface area contributed by atoms with Crippen LogP contribution < -0.4 is 26.5 Å². The van der Waals surface area contributed by atoms with Gasteiger partial charge in [0, 0.05) is 30.8 Å². The Hall–Kier alpha value is -2.65. The van der Waals surface area contributed by atoms with E-state index in [1.807, 2.05) is 0 Å². The first-order valence-electron chi connectivity index (χ1n) is 7.10. The van der Waals surface area contributed by atoms with Crippen molar-refractivity contribution in [2.75, 3.05) is 20.3 Å². The van der Waals surface area contributed by atoms with Crippen molar-refractivity contribution in [2.24, 2.45) is 11.5 Å². The number of amides is 1. The first kappa shape index (κ1) is 17.7. The lowest BCUT2D eigenvalue weighted by molar-refractivity contribution is -0.119. The zero-order valence-corrected chi connectivity index (χ0v) is 13.9. The number of nitrogens with two attached hydrogens (primary N) is 2. The fraction of sp³-hybridized carbons (Fsp3) is 0.267. The average Bonchev–Trinajstić information content (AvgIpc) is 2.55. The second-order valence-corrected chi connectivity index (χ2v) is 5.27. The largest absolute Gasteiger partial charge is 0.496 e. The smallest absolute Gasteiger partial charge is 0.255 e. The van der Waals surface area contributed by atoms with Crippen LogP contribution in [0.5, 0.6) is 11.5 Å². The lowest BCUT2D eigenvalue weighted by Crippen LogP contribution is -2.20. The Morgan fingerprint density at radius 3 is 2.75 bits per heavy atom. The van der Waals surface area contributed by atoms with E-state index < -0.39 is 5.91 Å². The quantitative estimate of drug-likeness (QED) is 0.621. The summed E-state index contributed by atoms with van der Waals surface area (Å²) in [5, 5.41) is 0. The van der Waals surface area contributed by atoms with Gasteiger partial charge >= 0.3 is 0 Å². The Bertz CT molecular complexity index is 859. The Kier molecular flexibility index (Phi) is 5.72. The molecule has 0 aliphatic rings. The van der Waals surface area contributed by atoms with Crippen LogP contribution in [0.4, 0.5) is 0 Å². The second kappa shape index (κ2) is 7.75. The first-order valence-corrected chi connectivity index (χ1v) is 7.51. The van der Waals surface area contributed by atoms with Gasteiger partial charge in [0.05, 0.1) is 12.8 Å². The van der Waals surface area contributed by atoms with E-state index in [0.29, 0.717) is 35.8 Å². The highest BCUT2D eigenvalue weighted by atomic mass is 32.1. The van der Waals surface area contributed by atoms with Crippen molar-refractivity contribution in [1.82, 2.24) is 9.55 Å². The van der Waals surface area contributed by atoms with Crippen molar-refractivity contribution in [1.29, 1.82) is 0 Å². The van der Waals surface area contributed by atoms with Crippen LogP contribution in [0.2, 0.25) is 0 Å². The molecule has 9 heteroatoms. The molecule has 8 nitrogen and oxygen atoms in total. The number of ether oxygens (including phenoxy) is 2. The van der Waals surface area contributed by atoms with Crippen molar-refractivity contribution in [3.63, 3.8) is 0 Å². The van der Waals surface area contributed by atoms with Gasteiger partial charge in [0.2, 0.25) is 0 Å². The zero-order valence-electron chi connectivity index (χ0n) is 13.1. The molecule has 0 unspecified atom stereocenters. The molecule has 0 radical (unpaired) electrons. The molecule has 1 aromatic carbocycles. The van der Waals surface area contributed by atoms with Gasteiger partial charge in [-0.3, -0.25) is 14.6 Å². The molecule has 0 aliphatic heterocycles. The zero-order chi connectivity index (χ0) is 17.7. The number of primary amides is 1. The highest BCUT2D eigenvalue weighted by Crippen LogP contribution is 2.32. The number of hydrogen-bond acceptors (Lipinski definition) is 6. The molecule has 0 bridgehead atoms. The lowest BCUT2D eigenvalue weighted by atomic mass is 10.1. The van der Waals surface area contributed by atoms with E-state index >= 15 is 0 Å². The molecule has 0 aliphatic carbocycles. The lowest BCUT2D eigenvalue weighted by Gasteiger charge is -2.16. The summed E-state index contributed by atoms with van der Waals surface area (Å²) in [5.41, 5.74) is 11.6. The Morgan fingerprint density at radius 1 is 1.38 bits per heavy atom. The van der Waals surface area contributed by atoms with Crippen LogP contribution in [0.1, 0.15) is 0 Å². The Morgan fingerprint density at radius 2 is 2.12 bits per heavy atom. The number of aromatic amines is 1. The molecule has 0 atom stereocenters. The summed E-state index contributed by atoms with van der Waals surface area (Å²) in [6, 6.07) is 6.39. The number of H-pyrrole nitrogens is 1. The second-order valence-electron chi connectivity index (χ2n) is 4.88. The van der Waals surface area contributed by atoms with Gasteiger partial charge in [-0.25, -0.2) is 0 Å². The molecular formula is C15H18N4O4S. The summed E-state index contributed by atoms with van der Waals surface area (Å²) in [5.74, 6) is 0.301. The molecule has 5 N–H and O–H groups in total. The summed E-state index contributed by atoms with van der Waals surface area (Å²) in [7, 11) is 1.49. The Labute approximate surface area is 143 Å². The van der Waals surface area contributed by atoms with Gasteiger partial charge in [0.1, 0.15) is 11.5 Å². The minimum Gasteiger partial charge on any atom is -0.496 e. The van der Waals surface area contributed by atoms with Crippen LogP contribution >= 0.6 is 12.2 Å². The van der Waals surface area contributed by atoms with E-state index in [2.05, 4.69) is 4.98 Å². The molecule has 1 aromatic heterocycles. The van der Waals surface area contributed by atoms with Crippen molar-refractivity contribution < 1.29 is 14.3 Å². The van der Waals surface area contributed by atoms with E-state index in [1.165, 1.54) is 13.2 Å². The third-order valence-electron chi connectivity index (χ3n) is 3.22. The summed E-state index contributed by atoms with van der Waals surface area (Å²) < 4.78 is 12.6. The van der Waals surface area contributed by atoms with Gasteiger partial charge in [-0.15, -0.1) is 0 Å². The van der Waals surface area contributed by atoms with Gasteiger partial charge in [0.25, 0.3) is 11.5 Å². The number of nitrogens with zero attached hydrogens (tertiary/aromatic N) is 1. The van der Waals surface area contributed by atoms with E-state index in [-0.39, 0.29) is 16.9 Å². The van der Waals surface area contributed by atoms with E-state index in [9.17, 15) is 9.59 Å². The minimum absolute atomic E-state index is 0.239. The predicted octanol–water partition coefficient (Wildman–Crippen LogP) is 0.404. The number of methoxy groups -OCH3 is 1. The van der Waals surface area contributed by atoms with E-state index in [4.69, 9.17) is 33.2 Å². The van der Waals surface area contributed by atoms with Crippen LogP contribution in [0, 0.1) is 4.77 Å². The van der Waals surface area contributed by atoms with Gasteiger partial charge in [-0.05, 0) is 24.4 Å². The summed E-state index contributed by atoms with van der Waals surface area (Å²) >= 11 is 5.20. The maximum Gasteiger partial charge on any atom is 0.255 e. The van der Waals surface area contributed by atoms with Crippen LogP contribution in [-0.2, 0) is 11.3 Å². The fourth-order valence-electron chi connectivity index (χ4n) is 2.22. The van der Waals surface area contributed by atoms with Crippen molar-refractivity contribution in [2.45, 2.75) is 6.54 Å². The normalized spacial score (nSPS) is 10.4. The number of hydrogen-bond donors (Lipinski definition) is 3. The molecule has 2 aromatic rings. The predicted molar refractivity (Wildman–Crippen MR) is 91.6 cm³/mol. The van der Waals surface area contributed by atoms with Crippen molar-refractivity contribution in [3.05, 3.63) is 39.4 Å². The fourth-order valence-corrected chi connectivity index (χ4v) is 2.51. The third kappa shape index (κ3) is 4.00. The number of benzene rings is 1. The Balaban J connectivity index is 2.54. The molecule has 1 heterocycles. The van der Waals surface area contributed by atoms with Gasteiger partial charge in [-0.1, -0.05) is 0 Å². The third-order valence-corrected chi connectivity index (χ3v) is 3.54. The molecule has 1 amide bonds. The van der Waals surface area contributed by atoms with Gasteiger partial charge in [-0.2, -0.15) is 0 Å². The molecule has 24 heavy (non-hydrogen) atoms. The van der Waals surface area contributed by atoms with Crippen molar-refractivity contribution in [3.8, 4) is 22.8 Å². The highest BCUT2D eigenvalue weighted by molar-refractivity contribution is 7.71. The standard InChI is InChI=1S/C15H18N4O4S/c1-22-12-6-9(23-8-13(17)20)2-3-10(12)11-7-14(21)18-15(24)19(11)5-4-16/h2-3,6-7H,4-5,8,16H2,1H3,(H2,17,20)(H,18,21,24).